The molecule has 1 unspecified atom stereocenters. The number of aromatic hydroxyl groups is 1. The van der Waals surface area contributed by atoms with E-state index in [1.807, 2.05) is 0 Å². The summed E-state index contributed by atoms with van der Waals surface area (Å²) in [6.45, 7) is 1.74. The van der Waals surface area contributed by atoms with E-state index >= 15 is 0 Å². The number of rotatable bonds is 3. The van der Waals surface area contributed by atoms with Crippen LogP contribution in [0.4, 0.5) is 0 Å². The van der Waals surface area contributed by atoms with Crippen LogP contribution < -0.4 is 5.73 Å². The summed E-state index contributed by atoms with van der Waals surface area (Å²) in [7, 11) is 0. The number of aliphatic carboxylic acids is 1. The van der Waals surface area contributed by atoms with Crippen molar-refractivity contribution in [1.82, 2.24) is 0 Å². The first kappa shape index (κ1) is 10.5. The number of aryl methyl sites for hydroxylation is 1. The second-order valence-corrected chi connectivity index (χ2v) is 3.22. The fourth-order valence-corrected chi connectivity index (χ4v) is 1.28. The van der Waals surface area contributed by atoms with Gasteiger partial charge in [0.1, 0.15) is 5.75 Å². The molecule has 0 aliphatic heterocycles. The van der Waals surface area contributed by atoms with Gasteiger partial charge in [0, 0.05) is 11.6 Å². The quantitative estimate of drug-likeness (QED) is 0.676. The van der Waals surface area contributed by atoms with E-state index in [1.165, 1.54) is 0 Å². The molecule has 4 nitrogen and oxygen atoms in total. The van der Waals surface area contributed by atoms with Gasteiger partial charge in [0.15, 0.2) is 0 Å². The minimum atomic E-state index is -0.974. The number of carboxylic acids is 1. The van der Waals surface area contributed by atoms with Crippen LogP contribution in [0.5, 0.6) is 5.75 Å². The van der Waals surface area contributed by atoms with Crippen molar-refractivity contribution in [2.24, 2.45) is 5.73 Å². The normalized spacial score (nSPS) is 12.4. The zero-order chi connectivity index (χ0) is 10.7. The Balaban J connectivity index is 2.95. The zero-order valence-electron chi connectivity index (χ0n) is 7.90. The predicted molar refractivity (Wildman–Crippen MR) is 52.0 cm³/mol. The van der Waals surface area contributed by atoms with E-state index in [-0.39, 0.29) is 12.2 Å². The highest BCUT2D eigenvalue weighted by atomic mass is 16.4. The maximum absolute atomic E-state index is 10.4. The van der Waals surface area contributed by atoms with Crippen LogP contribution in [0.1, 0.15) is 23.6 Å². The van der Waals surface area contributed by atoms with Gasteiger partial charge in [-0.3, -0.25) is 4.79 Å². The topological polar surface area (TPSA) is 83.6 Å². The molecule has 0 aliphatic carbocycles. The number of nitrogens with two attached hydrogens (primary N) is 1. The summed E-state index contributed by atoms with van der Waals surface area (Å²) in [5.41, 5.74) is 6.80. The number of para-hydroxylation sites is 1. The summed E-state index contributed by atoms with van der Waals surface area (Å²) < 4.78 is 0. The third-order valence-corrected chi connectivity index (χ3v) is 2.06. The van der Waals surface area contributed by atoms with Gasteiger partial charge in [-0.25, -0.2) is 0 Å². The fourth-order valence-electron chi connectivity index (χ4n) is 1.28. The Morgan fingerprint density at radius 1 is 1.57 bits per heavy atom. The van der Waals surface area contributed by atoms with E-state index < -0.39 is 12.0 Å². The molecule has 0 radical (unpaired) electrons. The molecular formula is C10H13NO3. The summed E-state index contributed by atoms with van der Waals surface area (Å²) in [6.07, 6.45) is -0.184. The maximum atomic E-state index is 10.4. The Morgan fingerprint density at radius 3 is 2.79 bits per heavy atom. The van der Waals surface area contributed by atoms with Crippen molar-refractivity contribution in [1.29, 1.82) is 0 Å². The van der Waals surface area contributed by atoms with Gasteiger partial charge in [0.2, 0.25) is 0 Å². The van der Waals surface area contributed by atoms with E-state index in [0.717, 1.165) is 0 Å². The molecule has 14 heavy (non-hydrogen) atoms. The molecule has 1 aromatic carbocycles. The number of hydrogen-bond donors (Lipinski definition) is 3. The van der Waals surface area contributed by atoms with Crippen LogP contribution in [0.15, 0.2) is 18.2 Å². The van der Waals surface area contributed by atoms with E-state index in [9.17, 15) is 9.90 Å². The van der Waals surface area contributed by atoms with Crippen LogP contribution in [-0.2, 0) is 4.79 Å². The summed E-state index contributed by atoms with van der Waals surface area (Å²) in [6, 6.07) is 4.46. The molecule has 0 amide bonds. The summed E-state index contributed by atoms with van der Waals surface area (Å²) >= 11 is 0. The summed E-state index contributed by atoms with van der Waals surface area (Å²) in [4.78, 5) is 10.4. The molecule has 0 fully saturated rings. The second kappa shape index (κ2) is 4.11. The molecule has 0 bridgehead atoms. The van der Waals surface area contributed by atoms with Crippen LogP contribution >= 0.6 is 0 Å². The molecular weight excluding hydrogens is 182 g/mol. The molecule has 4 heteroatoms. The van der Waals surface area contributed by atoms with Gasteiger partial charge < -0.3 is 15.9 Å². The lowest BCUT2D eigenvalue weighted by Crippen LogP contribution is -2.15. The van der Waals surface area contributed by atoms with E-state index in [0.29, 0.717) is 11.1 Å². The van der Waals surface area contributed by atoms with E-state index in [1.54, 1.807) is 25.1 Å². The van der Waals surface area contributed by atoms with Crippen molar-refractivity contribution in [3.63, 3.8) is 0 Å². The maximum Gasteiger partial charge on any atom is 0.305 e. The smallest absolute Gasteiger partial charge is 0.305 e. The lowest BCUT2D eigenvalue weighted by Gasteiger charge is -2.12. The molecule has 1 rings (SSSR count). The average molecular weight is 195 g/mol. The first-order valence-corrected chi connectivity index (χ1v) is 4.28. The number of carboxylic acid groups (broad SMARTS) is 1. The number of phenolic OH excluding ortho intramolecular Hbond substituents is 1. The number of phenols is 1. The Morgan fingerprint density at radius 2 is 2.21 bits per heavy atom. The highest BCUT2D eigenvalue weighted by Gasteiger charge is 2.14. The van der Waals surface area contributed by atoms with Crippen molar-refractivity contribution in [2.75, 3.05) is 0 Å². The molecule has 0 saturated carbocycles. The Hall–Kier alpha value is -1.55. The number of hydrogen-bond acceptors (Lipinski definition) is 3. The first-order valence-electron chi connectivity index (χ1n) is 4.28. The van der Waals surface area contributed by atoms with Crippen LogP contribution in [-0.4, -0.2) is 16.2 Å². The highest BCUT2D eigenvalue weighted by Crippen LogP contribution is 2.27. The van der Waals surface area contributed by atoms with Crippen LogP contribution in [0.2, 0.25) is 0 Å². The van der Waals surface area contributed by atoms with Gasteiger partial charge in [-0.05, 0) is 12.5 Å². The van der Waals surface area contributed by atoms with Crippen molar-refractivity contribution in [3.8, 4) is 5.75 Å². The van der Waals surface area contributed by atoms with Crippen molar-refractivity contribution >= 4 is 5.97 Å². The van der Waals surface area contributed by atoms with Gasteiger partial charge in [-0.1, -0.05) is 18.2 Å². The number of carbonyl (C=O) groups is 1. The fraction of sp³-hybridized carbons (Fsp3) is 0.300. The average Bonchev–Trinajstić information content (AvgIpc) is 2.08. The lowest BCUT2D eigenvalue weighted by molar-refractivity contribution is -0.137. The molecule has 76 valence electrons. The minimum Gasteiger partial charge on any atom is -0.507 e. The van der Waals surface area contributed by atoms with Crippen LogP contribution in [0.25, 0.3) is 0 Å². The predicted octanol–water partition coefficient (Wildman–Crippen LogP) is 1.18. The molecule has 0 saturated heterocycles. The molecule has 0 aliphatic rings. The Kier molecular flexibility index (Phi) is 3.09. The van der Waals surface area contributed by atoms with E-state index in [4.69, 9.17) is 10.8 Å². The first-order chi connectivity index (χ1) is 6.52. The molecule has 4 N–H and O–H groups in total. The Labute approximate surface area is 82.0 Å². The van der Waals surface area contributed by atoms with Crippen LogP contribution in [0.3, 0.4) is 0 Å². The standard InChI is InChI=1S/C10H13NO3/c1-6-3-2-4-7(10(6)14)8(11)5-9(12)13/h2-4,8,14H,5,11H2,1H3,(H,12,13). The van der Waals surface area contributed by atoms with Crippen molar-refractivity contribution in [2.45, 2.75) is 19.4 Å². The molecule has 0 aromatic heterocycles. The van der Waals surface area contributed by atoms with Gasteiger partial charge in [0.25, 0.3) is 0 Å². The third kappa shape index (κ3) is 2.23. The van der Waals surface area contributed by atoms with Gasteiger partial charge in [0.05, 0.1) is 6.42 Å². The van der Waals surface area contributed by atoms with Gasteiger partial charge >= 0.3 is 5.97 Å². The number of benzene rings is 1. The molecule has 0 spiro atoms. The van der Waals surface area contributed by atoms with Crippen LogP contribution in [0, 0.1) is 6.92 Å². The highest BCUT2D eigenvalue weighted by molar-refractivity contribution is 5.68. The SMILES string of the molecule is Cc1cccc(C(N)CC(=O)O)c1O. The van der Waals surface area contributed by atoms with E-state index in [2.05, 4.69) is 0 Å². The summed E-state index contributed by atoms with van der Waals surface area (Å²) in [5.74, 6) is -0.889. The monoisotopic (exact) mass is 195 g/mol. The lowest BCUT2D eigenvalue weighted by atomic mass is 10.0. The summed E-state index contributed by atoms with van der Waals surface area (Å²) in [5, 5.41) is 18.2. The second-order valence-electron chi connectivity index (χ2n) is 3.22. The van der Waals surface area contributed by atoms with Crippen molar-refractivity contribution in [3.05, 3.63) is 29.3 Å². The molecule has 1 aromatic rings. The Bertz CT molecular complexity index is 349. The molecule has 0 heterocycles. The minimum absolute atomic E-state index is 0.0845. The van der Waals surface area contributed by atoms with Crippen molar-refractivity contribution < 1.29 is 15.0 Å². The van der Waals surface area contributed by atoms with Gasteiger partial charge in [-0.15, -0.1) is 0 Å². The largest absolute Gasteiger partial charge is 0.507 e. The van der Waals surface area contributed by atoms with Gasteiger partial charge in [-0.2, -0.15) is 0 Å². The third-order valence-electron chi connectivity index (χ3n) is 2.06. The zero-order valence-corrected chi connectivity index (χ0v) is 7.90. The molecule has 1 atom stereocenters.